The fraction of sp³-hybridized carbons (Fsp3) is 0.538. The minimum atomic E-state index is -0.513. The molecular formula is C13H19N3O4. The van der Waals surface area contributed by atoms with E-state index in [-0.39, 0.29) is 23.1 Å². The summed E-state index contributed by atoms with van der Waals surface area (Å²) in [6.07, 6.45) is 1.76. The zero-order valence-electron chi connectivity index (χ0n) is 11.3. The second kappa shape index (κ2) is 6.06. The van der Waals surface area contributed by atoms with Gasteiger partial charge in [-0.05, 0) is 31.8 Å². The predicted octanol–water partition coefficient (Wildman–Crippen LogP) is 1.31. The summed E-state index contributed by atoms with van der Waals surface area (Å²) in [4.78, 5) is 10.4. The standard InChI is InChI=1S/C13H19N3O4/c1-20-11-7-9(16(18)19)6-10(13(11)17)12(14)8-2-4-15-5-3-8/h6-8,12,15,17H,2-5,14H2,1H3/t12-/m1/s1. The average molecular weight is 281 g/mol. The van der Waals surface area contributed by atoms with E-state index >= 15 is 0 Å². The fourth-order valence-electron chi connectivity index (χ4n) is 2.59. The van der Waals surface area contributed by atoms with Gasteiger partial charge >= 0.3 is 0 Å². The topological polar surface area (TPSA) is 111 Å². The summed E-state index contributed by atoms with van der Waals surface area (Å²) in [6.45, 7) is 1.73. The quantitative estimate of drug-likeness (QED) is 0.567. The summed E-state index contributed by atoms with van der Waals surface area (Å²) < 4.78 is 4.99. The lowest BCUT2D eigenvalue weighted by molar-refractivity contribution is -0.385. The zero-order chi connectivity index (χ0) is 14.7. The minimum Gasteiger partial charge on any atom is -0.504 e. The number of phenols is 1. The number of ether oxygens (including phenoxy) is 1. The molecule has 1 aliphatic rings. The molecule has 0 aromatic heterocycles. The minimum absolute atomic E-state index is 0.0820. The number of non-ortho nitro benzene ring substituents is 1. The summed E-state index contributed by atoms with van der Waals surface area (Å²) in [6, 6.07) is 2.10. The number of hydrogen-bond acceptors (Lipinski definition) is 6. The van der Waals surface area contributed by atoms with Gasteiger partial charge in [-0.2, -0.15) is 0 Å². The van der Waals surface area contributed by atoms with E-state index in [1.54, 1.807) is 0 Å². The van der Waals surface area contributed by atoms with E-state index in [1.165, 1.54) is 19.2 Å². The van der Waals surface area contributed by atoms with Gasteiger partial charge in [0, 0.05) is 17.7 Å². The molecule has 1 saturated heterocycles. The predicted molar refractivity (Wildman–Crippen MR) is 73.8 cm³/mol. The van der Waals surface area contributed by atoms with Crippen LogP contribution in [0, 0.1) is 16.0 Å². The summed E-state index contributed by atoms with van der Waals surface area (Å²) in [5, 5.41) is 24.3. The normalized spacial score (nSPS) is 17.7. The maximum Gasteiger partial charge on any atom is 0.273 e. The number of nitro benzene ring substituents is 1. The van der Waals surface area contributed by atoms with Crippen LogP contribution in [0.2, 0.25) is 0 Å². The molecule has 110 valence electrons. The molecule has 0 radical (unpaired) electrons. The van der Waals surface area contributed by atoms with Crippen LogP contribution in [0.15, 0.2) is 12.1 Å². The van der Waals surface area contributed by atoms with Gasteiger partial charge in [0.2, 0.25) is 0 Å². The first kappa shape index (κ1) is 14.5. The van der Waals surface area contributed by atoms with Crippen LogP contribution in [0.5, 0.6) is 11.5 Å². The first-order chi connectivity index (χ1) is 9.54. The van der Waals surface area contributed by atoms with Gasteiger partial charge in [-0.1, -0.05) is 0 Å². The van der Waals surface area contributed by atoms with Crippen molar-refractivity contribution in [2.75, 3.05) is 20.2 Å². The van der Waals surface area contributed by atoms with E-state index in [0.29, 0.717) is 5.56 Å². The molecule has 1 aromatic rings. The van der Waals surface area contributed by atoms with Crippen molar-refractivity contribution < 1.29 is 14.8 Å². The van der Waals surface area contributed by atoms with Crippen LogP contribution in [-0.2, 0) is 0 Å². The average Bonchev–Trinajstić information content (AvgIpc) is 2.47. The highest BCUT2D eigenvalue weighted by molar-refractivity contribution is 5.54. The number of phenolic OH excluding ortho intramolecular Hbond substituents is 1. The van der Waals surface area contributed by atoms with Gasteiger partial charge in [0.25, 0.3) is 5.69 Å². The molecular weight excluding hydrogens is 262 g/mol. The highest BCUT2D eigenvalue weighted by Crippen LogP contribution is 2.40. The number of piperidine rings is 1. The van der Waals surface area contributed by atoms with E-state index in [1.807, 2.05) is 0 Å². The van der Waals surface area contributed by atoms with Crippen LogP contribution in [0.1, 0.15) is 24.4 Å². The van der Waals surface area contributed by atoms with Crippen molar-refractivity contribution in [3.8, 4) is 11.5 Å². The molecule has 0 amide bonds. The molecule has 7 nitrogen and oxygen atoms in total. The van der Waals surface area contributed by atoms with Crippen LogP contribution in [0.3, 0.4) is 0 Å². The fourth-order valence-corrected chi connectivity index (χ4v) is 2.59. The third-order valence-electron chi connectivity index (χ3n) is 3.77. The highest BCUT2D eigenvalue weighted by atomic mass is 16.6. The zero-order valence-corrected chi connectivity index (χ0v) is 11.3. The molecule has 0 spiro atoms. The first-order valence-corrected chi connectivity index (χ1v) is 6.56. The van der Waals surface area contributed by atoms with Gasteiger partial charge in [-0.25, -0.2) is 0 Å². The second-order valence-electron chi connectivity index (χ2n) is 4.96. The molecule has 0 bridgehead atoms. The van der Waals surface area contributed by atoms with Crippen LogP contribution in [0.4, 0.5) is 5.69 Å². The molecule has 0 saturated carbocycles. The van der Waals surface area contributed by atoms with Gasteiger partial charge < -0.3 is 20.9 Å². The van der Waals surface area contributed by atoms with Crippen molar-refractivity contribution >= 4 is 5.69 Å². The number of nitrogens with one attached hydrogen (secondary N) is 1. The Morgan fingerprint density at radius 1 is 1.50 bits per heavy atom. The highest BCUT2D eigenvalue weighted by Gasteiger charge is 2.27. The van der Waals surface area contributed by atoms with E-state index in [0.717, 1.165) is 25.9 Å². The van der Waals surface area contributed by atoms with E-state index in [9.17, 15) is 15.2 Å². The summed E-state index contributed by atoms with van der Waals surface area (Å²) in [7, 11) is 1.36. The molecule has 1 atom stereocenters. The number of hydrogen-bond donors (Lipinski definition) is 3. The lowest BCUT2D eigenvalue weighted by Crippen LogP contribution is -2.33. The SMILES string of the molecule is COc1cc([N+](=O)[O-])cc([C@H](N)C2CCNCC2)c1O. The van der Waals surface area contributed by atoms with E-state index in [2.05, 4.69) is 5.32 Å². The number of benzene rings is 1. The Balaban J connectivity index is 2.37. The van der Waals surface area contributed by atoms with Crippen molar-refractivity contribution in [3.63, 3.8) is 0 Å². The Hall–Kier alpha value is -1.86. The molecule has 0 aliphatic carbocycles. The smallest absolute Gasteiger partial charge is 0.273 e. The molecule has 1 aliphatic heterocycles. The van der Waals surface area contributed by atoms with Gasteiger partial charge in [0.05, 0.1) is 18.1 Å². The molecule has 4 N–H and O–H groups in total. The van der Waals surface area contributed by atoms with E-state index in [4.69, 9.17) is 10.5 Å². The monoisotopic (exact) mass is 281 g/mol. The Labute approximate surface area is 116 Å². The Morgan fingerprint density at radius 3 is 2.70 bits per heavy atom. The number of methoxy groups -OCH3 is 1. The molecule has 1 aromatic carbocycles. The van der Waals surface area contributed by atoms with Gasteiger partial charge in [-0.3, -0.25) is 10.1 Å². The van der Waals surface area contributed by atoms with Crippen LogP contribution >= 0.6 is 0 Å². The van der Waals surface area contributed by atoms with Gasteiger partial charge in [0.1, 0.15) is 0 Å². The Bertz CT molecular complexity index is 501. The lowest BCUT2D eigenvalue weighted by Gasteiger charge is -2.28. The summed E-state index contributed by atoms with van der Waals surface area (Å²) in [5.74, 6) is 0.163. The van der Waals surface area contributed by atoms with Crippen molar-refractivity contribution in [1.29, 1.82) is 0 Å². The van der Waals surface area contributed by atoms with Crippen LogP contribution in [0.25, 0.3) is 0 Å². The Morgan fingerprint density at radius 2 is 2.15 bits per heavy atom. The van der Waals surface area contributed by atoms with Gasteiger partial charge in [-0.15, -0.1) is 0 Å². The van der Waals surface area contributed by atoms with Crippen LogP contribution in [-0.4, -0.2) is 30.2 Å². The molecule has 20 heavy (non-hydrogen) atoms. The van der Waals surface area contributed by atoms with Crippen LogP contribution < -0.4 is 15.8 Å². The number of nitro groups is 1. The maximum absolute atomic E-state index is 10.9. The number of rotatable bonds is 4. The summed E-state index contributed by atoms with van der Waals surface area (Å²) >= 11 is 0. The van der Waals surface area contributed by atoms with Crippen molar-refractivity contribution in [2.45, 2.75) is 18.9 Å². The molecule has 0 unspecified atom stereocenters. The number of nitrogens with zero attached hydrogens (tertiary/aromatic N) is 1. The lowest BCUT2D eigenvalue weighted by atomic mass is 9.86. The van der Waals surface area contributed by atoms with E-state index < -0.39 is 11.0 Å². The third-order valence-corrected chi connectivity index (χ3v) is 3.77. The molecule has 1 heterocycles. The largest absolute Gasteiger partial charge is 0.504 e. The second-order valence-corrected chi connectivity index (χ2v) is 4.96. The number of aromatic hydroxyl groups is 1. The van der Waals surface area contributed by atoms with Crippen molar-refractivity contribution in [2.24, 2.45) is 11.7 Å². The Kier molecular flexibility index (Phi) is 4.41. The van der Waals surface area contributed by atoms with Crippen molar-refractivity contribution in [3.05, 3.63) is 27.8 Å². The molecule has 7 heteroatoms. The molecule has 1 fully saturated rings. The van der Waals surface area contributed by atoms with Gasteiger partial charge in [0.15, 0.2) is 11.5 Å². The number of nitrogens with two attached hydrogens (primary N) is 1. The van der Waals surface area contributed by atoms with Crippen molar-refractivity contribution in [1.82, 2.24) is 5.32 Å². The third kappa shape index (κ3) is 2.83. The molecule has 2 rings (SSSR count). The first-order valence-electron chi connectivity index (χ1n) is 6.56. The maximum atomic E-state index is 10.9. The summed E-state index contributed by atoms with van der Waals surface area (Å²) in [5.41, 5.74) is 6.45.